The second-order valence-electron chi connectivity index (χ2n) is 6.99. The van der Waals surface area contributed by atoms with E-state index in [4.69, 9.17) is 23.8 Å². The molecule has 11 heteroatoms. The van der Waals surface area contributed by atoms with E-state index in [1.54, 1.807) is 12.1 Å². The van der Waals surface area contributed by atoms with Gasteiger partial charge in [-0.15, -0.1) is 5.06 Å². The topological polar surface area (TPSA) is 135 Å². The Kier molecular flexibility index (Phi) is 6.37. The van der Waals surface area contributed by atoms with Crippen molar-refractivity contribution in [3.8, 4) is 0 Å². The lowest BCUT2D eigenvalue weighted by atomic mass is 9.99. The normalized spacial score (nSPS) is 27.5. The highest BCUT2D eigenvalue weighted by atomic mass is 16.8. The van der Waals surface area contributed by atoms with E-state index in [0.717, 1.165) is 20.8 Å². The van der Waals surface area contributed by atoms with E-state index in [0.29, 0.717) is 5.06 Å². The van der Waals surface area contributed by atoms with Gasteiger partial charge in [-0.05, 0) is 19.1 Å². The number of benzene rings is 1. The number of hydrogen-bond donors (Lipinski definition) is 0. The summed E-state index contributed by atoms with van der Waals surface area (Å²) in [5.74, 6) is -3.67. The van der Waals surface area contributed by atoms with Gasteiger partial charge in [0.15, 0.2) is 18.3 Å². The molecule has 2 aliphatic rings. The van der Waals surface area contributed by atoms with Gasteiger partial charge in [-0.1, -0.05) is 12.1 Å². The average molecular weight is 435 g/mol. The van der Waals surface area contributed by atoms with Gasteiger partial charge in [-0.2, -0.15) is 0 Å². The van der Waals surface area contributed by atoms with Gasteiger partial charge >= 0.3 is 17.9 Å². The van der Waals surface area contributed by atoms with Gasteiger partial charge in [0.1, 0.15) is 0 Å². The highest BCUT2D eigenvalue weighted by Crippen LogP contribution is 2.32. The fourth-order valence-electron chi connectivity index (χ4n) is 3.42. The fraction of sp³-hybridized carbons (Fsp3) is 0.450. The van der Waals surface area contributed by atoms with Crippen LogP contribution < -0.4 is 0 Å². The average Bonchev–Trinajstić information content (AvgIpc) is 2.92. The summed E-state index contributed by atoms with van der Waals surface area (Å²) in [6.45, 7) is 4.88. The minimum Gasteiger partial charge on any atom is -0.456 e. The summed E-state index contributed by atoms with van der Waals surface area (Å²) in [5, 5.41) is 0.496. The largest absolute Gasteiger partial charge is 0.456 e. The number of esters is 3. The molecular formula is C20H21NO10. The summed E-state index contributed by atoms with van der Waals surface area (Å²) in [6, 6.07) is 6.11. The Morgan fingerprint density at radius 2 is 1.26 bits per heavy atom. The Morgan fingerprint density at radius 1 is 0.806 bits per heavy atom. The molecule has 0 saturated carbocycles. The summed E-state index contributed by atoms with van der Waals surface area (Å²) < 4.78 is 21.4. The molecule has 5 atom stereocenters. The Bertz CT molecular complexity index is 893. The SMILES string of the molecule is CC(=O)O[C@H]1[C@H](OC(C)=O)[C@H](ON2C(=O)c3ccccc3C2=O)O[C@@H](C)[C@H]1OC(C)=O. The maximum atomic E-state index is 12.6. The Hall–Kier alpha value is -3.31. The number of hydrogen-bond acceptors (Lipinski definition) is 10. The van der Waals surface area contributed by atoms with Crippen molar-refractivity contribution < 1.29 is 47.8 Å². The standard InChI is InChI=1S/C20H21NO10/c1-9-15(28-10(2)22)16(29-11(3)23)17(30-12(4)24)20(27-9)31-21-18(25)13-7-5-6-8-14(13)19(21)26/h5-9,15-17,20H,1-4H3/t9-,15+,16+,17-,20-/m0/s1. The number of fused-ring (bicyclic) bond motifs is 1. The third-order valence-electron chi connectivity index (χ3n) is 4.60. The molecule has 1 aromatic rings. The van der Waals surface area contributed by atoms with Crippen molar-refractivity contribution in [3.05, 3.63) is 35.4 Å². The zero-order valence-corrected chi connectivity index (χ0v) is 17.2. The van der Waals surface area contributed by atoms with Crippen LogP contribution in [0, 0.1) is 0 Å². The summed E-state index contributed by atoms with van der Waals surface area (Å²) in [5.41, 5.74) is 0.268. The van der Waals surface area contributed by atoms with Crippen molar-refractivity contribution >= 4 is 29.7 Å². The monoisotopic (exact) mass is 435 g/mol. The molecule has 0 aromatic heterocycles. The lowest BCUT2D eigenvalue weighted by Crippen LogP contribution is -2.62. The van der Waals surface area contributed by atoms with Crippen LogP contribution in [-0.4, -0.2) is 65.5 Å². The second kappa shape index (κ2) is 8.82. The first kappa shape index (κ1) is 22.4. The summed E-state index contributed by atoms with van der Waals surface area (Å²) in [4.78, 5) is 65.7. The molecule has 0 aliphatic carbocycles. The first-order chi connectivity index (χ1) is 14.6. The van der Waals surface area contributed by atoms with Crippen molar-refractivity contribution in [1.82, 2.24) is 5.06 Å². The molecule has 0 bridgehead atoms. The van der Waals surface area contributed by atoms with Gasteiger partial charge < -0.3 is 18.9 Å². The van der Waals surface area contributed by atoms with Gasteiger partial charge in [0.05, 0.1) is 17.2 Å². The second-order valence-corrected chi connectivity index (χ2v) is 6.99. The highest BCUT2D eigenvalue weighted by molar-refractivity contribution is 6.20. The molecule has 0 unspecified atom stereocenters. The minimum atomic E-state index is -1.52. The van der Waals surface area contributed by atoms with Crippen LogP contribution in [0.1, 0.15) is 48.4 Å². The van der Waals surface area contributed by atoms with Crippen LogP contribution in [0.4, 0.5) is 0 Å². The first-order valence-corrected chi connectivity index (χ1v) is 9.42. The van der Waals surface area contributed by atoms with Crippen LogP contribution in [0.25, 0.3) is 0 Å². The van der Waals surface area contributed by atoms with Crippen LogP contribution in [-0.2, 0) is 38.2 Å². The molecule has 1 aromatic carbocycles. The molecule has 0 N–H and O–H groups in total. The molecule has 1 saturated heterocycles. The molecule has 0 spiro atoms. The predicted octanol–water partition coefficient (Wildman–Crippen LogP) is 0.754. The van der Waals surface area contributed by atoms with Crippen molar-refractivity contribution in [1.29, 1.82) is 0 Å². The predicted molar refractivity (Wildman–Crippen MR) is 99.0 cm³/mol. The first-order valence-electron chi connectivity index (χ1n) is 9.42. The number of imide groups is 1. The molecule has 2 amide bonds. The van der Waals surface area contributed by atoms with Crippen molar-refractivity contribution in [2.24, 2.45) is 0 Å². The van der Waals surface area contributed by atoms with E-state index < -0.39 is 60.4 Å². The van der Waals surface area contributed by atoms with E-state index in [9.17, 15) is 24.0 Å². The van der Waals surface area contributed by atoms with E-state index in [1.165, 1.54) is 19.1 Å². The zero-order valence-electron chi connectivity index (χ0n) is 17.2. The van der Waals surface area contributed by atoms with Gasteiger partial charge in [0, 0.05) is 20.8 Å². The fourth-order valence-corrected chi connectivity index (χ4v) is 3.42. The van der Waals surface area contributed by atoms with Gasteiger partial charge in [-0.25, -0.2) is 4.84 Å². The molecule has 31 heavy (non-hydrogen) atoms. The van der Waals surface area contributed by atoms with E-state index in [1.807, 2.05) is 0 Å². The van der Waals surface area contributed by atoms with Crippen LogP contribution in [0.3, 0.4) is 0 Å². The number of rotatable bonds is 5. The Morgan fingerprint density at radius 3 is 1.74 bits per heavy atom. The minimum absolute atomic E-state index is 0.134. The van der Waals surface area contributed by atoms with Crippen LogP contribution in [0.2, 0.25) is 0 Å². The highest BCUT2D eigenvalue weighted by Gasteiger charge is 2.53. The van der Waals surface area contributed by atoms with Crippen molar-refractivity contribution in [2.45, 2.75) is 58.4 Å². The third-order valence-corrected chi connectivity index (χ3v) is 4.60. The lowest BCUT2D eigenvalue weighted by Gasteiger charge is -2.43. The van der Waals surface area contributed by atoms with E-state index >= 15 is 0 Å². The maximum Gasteiger partial charge on any atom is 0.303 e. The molecule has 2 aliphatic heterocycles. The molecule has 3 rings (SSSR count). The van der Waals surface area contributed by atoms with Crippen molar-refractivity contribution in [3.63, 3.8) is 0 Å². The Balaban J connectivity index is 1.92. The van der Waals surface area contributed by atoms with Crippen LogP contribution in [0.15, 0.2) is 24.3 Å². The van der Waals surface area contributed by atoms with Gasteiger partial charge in [0.25, 0.3) is 11.8 Å². The molecule has 1 fully saturated rings. The quantitative estimate of drug-likeness (QED) is 0.370. The van der Waals surface area contributed by atoms with E-state index in [-0.39, 0.29) is 11.1 Å². The lowest BCUT2D eigenvalue weighted by molar-refractivity contribution is -0.335. The number of hydroxylamine groups is 2. The van der Waals surface area contributed by atoms with Gasteiger partial charge in [0.2, 0.25) is 6.29 Å². The van der Waals surface area contributed by atoms with Crippen LogP contribution >= 0.6 is 0 Å². The number of carbonyl (C=O) groups excluding carboxylic acids is 5. The smallest absolute Gasteiger partial charge is 0.303 e. The molecular weight excluding hydrogens is 414 g/mol. The van der Waals surface area contributed by atoms with E-state index in [2.05, 4.69) is 0 Å². The zero-order chi connectivity index (χ0) is 22.9. The molecule has 11 nitrogen and oxygen atoms in total. The molecule has 2 heterocycles. The maximum absolute atomic E-state index is 12.6. The number of nitrogens with zero attached hydrogens (tertiary/aromatic N) is 1. The summed E-state index contributed by atoms with van der Waals surface area (Å²) in [6.07, 6.45) is -6.30. The summed E-state index contributed by atoms with van der Waals surface area (Å²) >= 11 is 0. The van der Waals surface area contributed by atoms with Crippen LogP contribution in [0.5, 0.6) is 0 Å². The Labute approximate surface area is 177 Å². The number of amides is 2. The summed E-state index contributed by atoms with van der Waals surface area (Å²) in [7, 11) is 0. The number of ether oxygens (including phenoxy) is 4. The van der Waals surface area contributed by atoms with Gasteiger partial charge in [-0.3, -0.25) is 24.0 Å². The van der Waals surface area contributed by atoms with Crippen molar-refractivity contribution in [2.75, 3.05) is 0 Å². The number of carbonyl (C=O) groups is 5. The third kappa shape index (κ3) is 4.57. The molecule has 166 valence electrons. The molecule has 0 radical (unpaired) electrons.